The number of ether oxygens (including phenoxy) is 2. The van der Waals surface area contributed by atoms with Crippen LogP contribution in [0, 0.1) is 0 Å². The molecule has 1 heterocycles. The largest absolute Gasteiger partial charge is 0.448 e. The summed E-state index contributed by atoms with van der Waals surface area (Å²) in [5.74, 6) is 0.0637. The molecule has 1 atom stereocenters. The number of methoxy groups -OCH3 is 1. The second-order valence-corrected chi connectivity index (χ2v) is 7.80. The number of hydrogen-bond donors (Lipinski definition) is 1. The first-order valence-electron chi connectivity index (χ1n) is 9.92. The highest BCUT2D eigenvalue weighted by molar-refractivity contribution is 5.79. The number of carbonyl (C=O) groups is 1. The van der Waals surface area contributed by atoms with Crippen LogP contribution in [0.15, 0.2) is 48.5 Å². The van der Waals surface area contributed by atoms with Crippen LogP contribution in [0.25, 0.3) is 11.1 Å². The van der Waals surface area contributed by atoms with Gasteiger partial charge in [0, 0.05) is 26.1 Å². The van der Waals surface area contributed by atoms with E-state index >= 15 is 0 Å². The van der Waals surface area contributed by atoms with Crippen LogP contribution in [-0.2, 0) is 9.47 Å². The topological polar surface area (TPSA) is 59.0 Å². The van der Waals surface area contributed by atoms with Crippen molar-refractivity contribution in [3.8, 4) is 11.1 Å². The van der Waals surface area contributed by atoms with Crippen molar-refractivity contribution in [2.24, 2.45) is 0 Å². The van der Waals surface area contributed by atoms with Crippen LogP contribution >= 0.6 is 0 Å². The molecule has 0 saturated carbocycles. The SMILES string of the molecule is COCC1(O)CCCN(C(=O)OCC2c3ccccc3-c3ccccc32)CC1. The number of hydrogen-bond acceptors (Lipinski definition) is 4. The number of aliphatic hydroxyl groups is 1. The first-order chi connectivity index (χ1) is 13.6. The summed E-state index contributed by atoms with van der Waals surface area (Å²) in [4.78, 5) is 14.4. The van der Waals surface area contributed by atoms with Crippen molar-refractivity contribution >= 4 is 6.09 Å². The fourth-order valence-corrected chi connectivity index (χ4v) is 4.46. The van der Waals surface area contributed by atoms with Crippen molar-refractivity contribution in [2.45, 2.75) is 30.8 Å². The molecular weight excluding hydrogens is 354 g/mol. The summed E-state index contributed by atoms with van der Waals surface area (Å²) in [6.45, 7) is 1.70. The van der Waals surface area contributed by atoms with Crippen LogP contribution in [0.2, 0.25) is 0 Å². The van der Waals surface area contributed by atoms with Crippen molar-refractivity contribution < 1.29 is 19.4 Å². The van der Waals surface area contributed by atoms with Crippen molar-refractivity contribution in [2.75, 3.05) is 33.4 Å². The summed E-state index contributed by atoms with van der Waals surface area (Å²) < 4.78 is 10.9. The lowest BCUT2D eigenvalue weighted by molar-refractivity contribution is -0.0406. The van der Waals surface area contributed by atoms with Crippen LogP contribution in [-0.4, -0.2) is 55.1 Å². The Morgan fingerprint density at radius 2 is 1.71 bits per heavy atom. The molecule has 5 nitrogen and oxygen atoms in total. The van der Waals surface area contributed by atoms with Gasteiger partial charge in [-0.05, 0) is 41.5 Å². The number of amides is 1. The van der Waals surface area contributed by atoms with Gasteiger partial charge in [0.05, 0.1) is 12.2 Å². The smallest absolute Gasteiger partial charge is 0.409 e. The number of benzene rings is 2. The van der Waals surface area contributed by atoms with Crippen LogP contribution in [0.1, 0.15) is 36.3 Å². The summed E-state index contributed by atoms with van der Waals surface area (Å²) >= 11 is 0. The van der Waals surface area contributed by atoms with Crippen LogP contribution in [0.3, 0.4) is 0 Å². The third-order valence-electron chi connectivity index (χ3n) is 5.92. The molecule has 28 heavy (non-hydrogen) atoms. The van der Waals surface area contributed by atoms with Crippen molar-refractivity contribution in [1.82, 2.24) is 4.90 Å². The van der Waals surface area contributed by atoms with Gasteiger partial charge in [0.1, 0.15) is 6.61 Å². The van der Waals surface area contributed by atoms with Gasteiger partial charge in [-0.25, -0.2) is 4.79 Å². The van der Waals surface area contributed by atoms with E-state index in [-0.39, 0.29) is 12.0 Å². The minimum absolute atomic E-state index is 0.0637. The monoisotopic (exact) mass is 381 g/mol. The Labute approximate surface area is 165 Å². The zero-order chi connectivity index (χ0) is 19.6. The van der Waals surface area contributed by atoms with Gasteiger partial charge in [0.25, 0.3) is 0 Å². The second-order valence-electron chi connectivity index (χ2n) is 7.80. The van der Waals surface area contributed by atoms with E-state index < -0.39 is 5.60 Å². The number of rotatable bonds is 4. The van der Waals surface area contributed by atoms with E-state index in [9.17, 15) is 9.90 Å². The summed E-state index contributed by atoms with van der Waals surface area (Å²) in [6, 6.07) is 16.6. The number of nitrogens with zero attached hydrogens (tertiary/aromatic N) is 1. The summed E-state index contributed by atoms with van der Waals surface area (Å²) in [5.41, 5.74) is 4.01. The molecule has 2 aliphatic rings. The summed E-state index contributed by atoms with van der Waals surface area (Å²) in [5, 5.41) is 10.6. The first-order valence-corrected chi connectivity index (χ1v) is 9.92. The van der Waals surface area contributed by atoms with E-state index in [4.69, 9.17) is 9.47 Å². The molecule has 1 unspecified atom stereocenters. The first kappa shape index (κ1) is 19.0. The van der Waals surface area contributed by atoms with Gasteiger partial charge < -0.3 is 19.5 Å². The zero-order valence-electron chi connectivity index (χ0n) is 16.3. The Balaban J connectivity index is 1.43. The van der Waals surface area contributed by atoms with Crippen molar-refractivity contribution in [3.05, 3.63) is 59.7 Å². The lowest BCUT2D eigenvalue weighted by Crippen LogP contribution is -2.37. The molecule has 1 amide bonds. The maximum Gasteiger partial charge on any atom is 0.409 e. The Kier molecular flexibility index (Phi) is 5.38. The minimum atomic E-state index is -0.854. The van der Waals surface area contributed by atoms with E-state index in [2.05, 4.69) is 24.3 Å². The maximum atomic E-state index is 12.7. The third-order valence-corrected chi connectivity index (χ3v) is 5.92. The molecule has 1 aliphatic heterocycles. The number of fused-ring (bicyclic) bond motifs is 3. The molecular formula is C23H27NO4. The zero-order valence-corrected chi connectivity index (χ0v) is 16.3. The standard InChI is InChI=1S/C23H27NO4/c1-27-16-23(26)11-6-13-24(14-12-23)22(25)28-15-21-19-9-4-2-7-17(19)18-8-3-5-10-20(18)21/h2-5,7-10,21,26H,6,11-16H2,1H3. The van der Waals surface area contributed by atoms with Crippen molar-refractivity contribution in [3.63, 3.8) is 0 Å². The lowest BCUT2D eigenvalue weighted by Gasteiger charge is -2.26. The predicted octanol–water partition coefficient (Wildman–Crippen LogP) is 3.80. The Morgan fingerprint density at radius 1 is 1.07 bits per heavy atom. The quantitative estimate of drug-likeness (QED) is 0.875. The molecule has 0 bridgehead atoms. The average molecular weight is 381 g/mol. The van der Waals surface area contributed by atoms with E-state index in [0.717, 1.165) is 6.42 Å². The van der Waals surface area contributed by atoms with Gasteiger partial charge in [0.2, 0.25) is 0 Å². The maximum absolute atomic E-state index is 12.7. The van der Waals surface area contributed by atoms with Gasteiger partial charge in [-0.3, -0.25) is 0 Å². The Hall–Kier alpha value is -2.37. The van der Waals surface area contributed by atoms with Gasteiger partial charge >= 0.3 is 6.09 Å². The summed E-state index contributed by atoms with van der Waals surface area (Å²) in [6.07, 6.45) is 1.58. The van der Waals surface area contributed by atoms with Crippen molar-refractivity contribution in [1.29, 1.82) is 0 Å². The van der Waals surface area contributed by atoms with Crippen LogP contribution in [0.4, 0.5) is 4.79 Å². The molecule has 1 aliphatic carbocycles. The number of likely N-dealkylation sites (tertiary alicyclic amines) is 1. The molecule has 0 radical (unpaired) electrons. The second kappa shape index (κ2) is 7.94. The molecule has 0 aromatic heterocycles. The molecule has 1 fully saturated rings. The average Bonchev–Trinajstić information content (AvgIpc) is 2.89. The molecule has 2 aromatic carbocycles. The Bertz CT molecular complexity index is 807. The summed E-state index contributed by atoms with van der Waals surface area (Å²) in [7, 11) is 1.59. The van der Waals surface area contributed by atoms with E-state index in [1.54, 1.807) is 12.0 Å². The normalized spacial score (nSPS) is 21.7. The molecule has 5 heteroatoms. The third kappa shape index (κ3) is 3.64. The van der Waals surface area contributed by atoms with Gasteiger partial charge in [0.15, 0.2) is 0 Å². The van der Waals surface area contributed by atoms with E-state index in [0.29, 0.717) is 39.1 Å². The van der Waals surface area contributed by atoms with E-state index in [1.165, 1.54) is 22.3 Å². The fourth-order valence-electron chi connectivity index (χ4n) is 4.46. The molecule has 1 saturated heterocycles. The molecule has 4 rings (SSSR count). The van der Waals surface area contributed by atoms with Gasteiger partial charge in [-0.1, -0.05) is 48.5 Å². The molecule has 1 N–H and O–H groups in total. The minimum Gasteiger partial charge on any atom is -0.448 e. The molecule has 0 spiro atoms. The van der Waals surface area contributed by atoms with Gasteiger partial charge in [-0.15, -0.1) is 0 Å². The number of carbonyl (C=O) groups excluding carboxylic acids is 1. The highest BCUT2D eigenvalue weighted by Crippen LogP contribution is 2.44. The highest BCUT2D eigenvalue weighted by atomic mass is 16.6. The predicted molar refractivity (Wildman–Crippen MR) is 107 cm³/mol. The molecule has 2 aromatic rings. The molecule has 148 valence electrons. The van der Waals surface area contributed by atoms with Crippen LogP contribution < -0.4 is 0 Å². The van der Waals surface area contributed by atoms with E-state index in [1.807, 2.05) is 24.3 Å². The fraction of sp³-hybridized carbons (Fsp3) is 0.435. The van der Waals surface area contributed by atoms with Crippen LogP contribution in [0.5, 0.6) is 0 Å². The Morgan fingerprint density at radius 3 is 2.36 bits per heavy atom. The van der Waals surface area contributed by atoms with Gasteiger partial charge in [-0.2, -0.15) is 0 Å². The lowest BCUT2D eigenvalue weighted by atomic mass is 9.96. The highest BCUT2D eigenvalue weighted by Gasteiger charge is 2.33.